The average Bonchev–Trinajstić information content (AvgIpc) is 1.59. The summed E-state index contributed by atoms with van der Waals surface area (Å²) in [4.78, 5) is 200. The van der Waals surface area contributed by atoms with Gasteiger partial charge in [0.2, 0.25) is 0 Å². The van der Waals surface area contributed by atoms with E-state index in [2.05, 4.69) is 0 Å². The molecule has 6 saturated heterocycles. The summed E-state index contributed by atoms with van der Waals surface area (Å²) in [7, 11) is 1.30. The van der Waals surface area contributed by atoms with Crippen LogP contribution in [0.4, 0.5) is 0 Å². The van der Waals surface area contributed by atoms with Gasteiger partial charge in [0.15, 0.2) is 0 Å². The molecule has 18 unspecified atom stereocenters. The molecule has 12 aliphatic rings. The lowest BCUT2D eigenvalue weighted by atomic mass is 9.85. The number of nitrogens with zero attached hydrogens (tertiary/aromatic N) is 9. The number of carboxylic acids is 1. The minimum absolute atomic E-state index is 0.0145. The monoisotopic (exact) mass is 1620 g/mol. The van der Waals surface area contributed by atoms with Crippen LogP contribution in [0.5, 0.6) is 0 Å². The summed E-state index contributed by atoms with van der Waals surface area (Å²) in [5.74, 6) is -2.57. The van der Waals surface area contributed by atoms with E-state index in [4.69, 9.17) is 52.1 Å². The van der Waals surface area contributed by atoms with Gasteiger partial charge in [0, 0.05) is 77.8 Å². The summed E-state index contributed by atoms with van der Waals surface area (Å²) in [5.41, 5.74) is -7.79. The highest BCUT2D eigenvalue weighted by Gasteiger charge is 2.49. The number of ketones is 1. The van der Waals surface area contributed by atoms with Gasteiger partial charge in [0.05, 0.1) is 125 Å². The molecule has 634 valence electrons. The SMILES string of the molecule is Cn1c(=O)n(CCCC(=O)C2CCC3OC3C2)c(=O)n(CCOC(=O)C2CCC3OC3C2)c1=O.O=C(CCCn1c(=O)n(CCO)c(=O)n(CCCC(=O)OCC2CCC3OC3C2)c1=O)OCC1CCC2OC2C1.O=C(O)Cn1c(=O)n(CCCC(=O)OCC2CCC3OC3C2)c(=O)n(CCCC(=O)OCC2CCC3OC3C2)c1=O. The molecule has 3 aromatic heterocycles. The molecule has 0 aromatic carbocycles. The number of carbonyl (C=O) groups is 7. The van der Waals surface area contributed by atoms with Crippen LogP contribution in [-0.4, -0.2) is 206 Å². The van der Waals surface area contributed by atoms with Gasteiger partial charge in [-0.1, -0.05) is 0 Å². The number of carboxylic acid groups (broad SMARTS) is 1. The van der Waals surface area contributed by atoms with Crippen LogP contribution in [0, 0.1) is 35.5 Å². The third-order valence-corrected chi connectivity index (χ3v) is 24.5. The van der Waals surface area contributed by atoms with Crippen molar-refractivity contribution in [3.8, 4) is 0 Å². The zero-order valence-corrected chi connectivity index (χ0v) is 65.0. The minimum atomic E-state index is -1.43. The first-order chi connectivity index (χ1) is 55.4. The Labute approximate surface area is 658 Å². The van der Waals surface area contributed by atoms with Crippen LogP contribution < -0.4 is 51.2 Å². The van der Waals surface area contributed by atoms with Crippen molar-refractivity contribution in [3.63, 3.8) is 0 Å². The molecule has 0 spiro atoms. The van der Waals surface area contributed by atoms with E-state index in [1.165, 1.54) is 7.05 Å². The maximum Gasteiger partial charge on any atom is 0.336 e. The Hall–Kier alpha value is -8.56. The van der Waals surface area contributed by atoms with Crippen molar-refractivity contribution in [2.45, 2.75) is 305 Å². The van der Waals surface area contributed by atoms with E-state index in [0.29, 0.717) is 93.0 Å². The van der Waals surface area contributed by atoms with Gasteiger partial charge in [0.25, 0.3) is 0 Å². The molecule has 0 radical (unpaired) electrons. The Kier molecular flexibility index (Phi) is 28.0. The number of aliphatic hydroxyl groups is 1. The largest absolute Gasteiger partial charge is 0.480 e. The van der Waals surface area contributed by atoms with Gasteiger partial charge < -0.3 is 62.3 Å². The molecular weight excluding hydrogens is 1510 g/mol. The van der Waals surface area contributed by atoms with Crippen molar-refractivity contribution in [3.05, 3.63) is 94.4 Å². The highest BCUT2D eigenvalue weighted by molar-refractivity contribution is 5.81. The van der Waals surface area contributed by atoms with Gasteiger partial charge in [-0.3, -0.25) is 33.6 Å². The summed E-state index contributed by atoms with van der Waals surface area (Å²) >= 11 is 0. The van der Waals surface area contributed by atoms with E-state index >= 15 is 0 Å². The van der Waals surface area contributed by atoms with Gasteiger partial charge in [-0.05, 0) is 171 Å². The van der Waals surface area contributed by atoms with Gasteiger partial charge in [-0.15, -0.1) is 0 Å². The standard InChI is InChI=1S/C27H37N3O11.C27H39N3O10.C23H31N3O8/c31-22(32)13-30-26(36)28(9-1-3-23(33)38-14-16-5-7-18-20(11-16)40-18)25(35)29(27(30)37)10-2-4-24(34)39-15-17-6-8-19-21(12-17)41-19;31-12-11-30-26(35)28(9-1-3-23(32)37-15-17-5-7-19-21(13-17)39-19)25(34)29(27(30)36)10-2-4-24(33)38-16-18-6-8-20-22(14-18)40-20;1-24-21(29)25(8-2-3-15(27)13-4-6-16-18(11-13)33-16)23(31)26(22(24)30)9-10-32-20(28)14-5-7-17-19(12-14)34-17/h16-21H,1-15H2,(H,31,32);17-22,31H,1-16H2;13-14,16-19H,2-12H2,1H3. The van der Waals surface area contributed by atoms with Crippen molar-refractivity contribution in [1.82, 2.24) is 41.1 Å². The predicted octanol–water partition coefficient (Wildman–Crippen LogP) is -0.280. The van der Waals surface area contributed by atoms with Crippen LogP contribution in [0.1, 0.15) is 180 Å². The zero-order chi connectivity index (χ0) is 81.3. The van der Waals surface area contributed by atoms with Gasteiger partial charge in [-0.25, -0.2) is 84.3 Å². The average molecular weight is 1620 g/mol. The van der Waals surface area contributed by atoms with Crippen LogP contribution in [0.3, 0.4) is 0 Å². The number of fused-ring (bicyclic) bond motifs is 6. The summed E-state index contributed by atoms with van der Waals surface area (Å²) in [5, 5.41) is 18.6. The third-order valence-electron chi connectivity index (χ3n) is 24.5. The van der Waals surface area contributed by atoms with E-state index in [1.54, 1.807) is 0 Å². The Morgan fingerprint density at radius 2 is 0.600 bits per heavy atom. The first-order valence-corrected chi connectivity index (χ1v) is 41.2. The number of ether oxygens (including phenoxy) is 11. The van der Waals surface area contributed by atoms with Gasteiger partial charge in [0.1, 0.15) is 18.9 Å². The van der Waals surface area contributed by atoms with E-state index in [1.807, 2.05) is 0 Å². The Balaban J connectivity index is 0.000000151. The lowest BCUT2D eigenvalue weighted by Crippen LogP contribution is -2.55. The van der Waals surface area contributed by atoms with Crippen molar-refractivity contribution < 1.29 is 95.9 Å². The minimum Gasteiger partial charge on any atom is -0.480 e. The second kappa shape index (κ2) is 38.2. The molecular formula is C77H107N9O29. The highest BCUT2D eigenvalue weighted by Crippen LogP contribution is 2.44. The number of Topliss-reactive ketones (excluding diaryl/α,β-unsaturated/α-hetero) is 1. The molecule has 38 heteroatoms. The molecule has 3 aromatic rings. The fraction of sp³-hybridized carbons (Fsp3) is 0.792. The molecule has 9 heterocycles. The molecule has 6 aliphatic carbocycles. The van der Waals surface area contributed by atoms with Crippen LogP contribution >= 0.6 is 0 Å². The summed E-state index contributed by atoms with van der Waals surface area (Å²) in [6.45, 7) is -1.25. The number of aliphatic hydroxyl groups excluding tert-OH is 1. The lowest BCUT2D eigenvalue weighted by molar-refractivity contribution is -0.150. The smallest absolute Gasteiger partial charge is 0.336 e. The molecule has 0 bridgehead atoms. The fourth-order valence-corrected chi connectivity index (χ4v) is 17.3. The molecule has 38 nitrogen and oxygen atoms in total. The Morgan fingerprint density at radius 1 is 0.322 bits per heavy atom. The van der Waals surface area contributed by atoms with E-state index < -0.39 is 94.2 Å². The number of rotatable bonds is 37. The predicted molar refractivity (Wildman–Crippen MR) is 395 cm³/mol. The third kappa shape index (κ3) is 22.4. The molecule has 18 atom stereocenters. The van der Waals surface area contributed by atoms with E-state index in [9.17, 15) is 86.9 Å². The number of epoxide rings is 6. The van der Waals surface area contributed by atoms with Gasteiger partial charge >= 0.3 is 87.0 Å². The topological polar surface area (TPSA) is 479 Å². The zero-order valence-electron chi connectivity index (χ0n) is 65.0. The lowest BCUT2D eigenvalue weighted by Gasteiger charge is -2.18. The number of aliphatic carboxylic acids is 1. The number of aromatic nitrogens is 9. The second-order valence-electron chi connectivity index (χ2n) is 32.8. The van der Waals surface area contributed by atoms with Gasteiger partial charge in [-0.2, -0.15) is 0 Å². The molecule has 115 heavy (non-hydrogen) atoms. The van der Waals surface area contributed by atoms with Crippen molar-refractivity contribution >= 4 is 41.6 Å². The van der Waals surface area contributed by atoms with E-state index in [-0.39, 0.29) is 188 Å². The maximum atomic E-state index is 13.0. The van der Waals surface area contributed by atoms with Crippen molar-refractivity contribution in [2.24, 2.45) is 42.6 Å². The Morgan fingerprint density at radius 3 is 0.922 bits per heavy atom. The first-order valence-electron chi connectivity index (χ1n) is 41.2. The number of esters is 5. The number of hydrogen-bond donors (Lipinski definition) is 2. The number of carbonyl (C=O) groups excluding carboxylic acids is 6. The molecule has 6 saturated carbocycles. The van der Waals surface area contributed by atoms with Crippen LogP contribution in [0.2, 0.25) is 0 Å². The highest BCUT2D eigenvalue weighted by atomic mass is 16.6. The van der Waals surface area contributed by atoms with Crippen LogP contribution in [-0.2, 0) is 145 Å². The molecule has 12 fully saturated rings. The number of hydrogen-bond acceptors (Lipinski definition) is 28. The second-order valence-corrected chi connectivity index (χ2v) is 32.8. The van der Waals surface area contributed by atoms with Crippen molar-refractivity contribution in [2.75, 3.05) is 39.6 Å². The molecule has 6 aliphatic heterocycles. The molecule has 2 N–H and O–H groups in total. The normalized spacial score (nSPS) is 29.0. The summed E-state index contributed by atoms with van der Waals surface area (Å²) in [6.07, 6.45) is 20.5. The quantitative estimate of drug-likeness (QED) is 0.0426. The molecule has 15 rings (SSSR count). The fourth-order valence-electron chi connectivity index (χ4n) is 17.3. The summed E-state index contributed by atoms with van der Waals surface area (Å²) in [6, 6.07) is 0. The summed E-state index contributed by atoms with van der Waals surface area (Å²) < 4.78 is 67.0. The first kappa shape index (κ1) is 84.4. The van der Waals surface area contributed by atoms with E-state index in [0.717, 1.165) is 139 Å². The Bertz CT molecular complexity index is 4380. The molecule has 0 amide bonds. The van der Waals surface area contributed by atoms with Crippen LogP contribution in [0.15, 0.2) is 43.2 Å². The van der Waals surface area contributed by atoms with Crippen LogP contribution in [0.25, 0.3) is 0 Å². The maximum absolute atomic E-state index is 13.0. The van der Waals surface area contributed by atoms with Crippen molar-refractivity contribution in [1.29, 1.82) is 0 Å².